The first-order chi connectivity index (χ1) is 9.84. The van der Waals surface area contributed by atoms with Gasteiger partial charge >= 0.3 is 12.0 Å². The molecule has 2 heterocycles. The number of hydrogen-bond acceptors (Lipinski definition) is 4. The van der Waals surface area contributed by atoms with Crippen LogP contribution < -0.4 is 0 Å². The number of aliphatic hydroxyl groups is 1. The third-order valence-electron chi connectivity index (χ3n) is 4.60. The van der Waals surface area contributed by atoms with Gasteiger partial charge in [-0.25, -0.2) is 4.79 Å². The van der Waals surface area contributed by atoms with Crippen LogP contribution in [0.3, 0.4) is 0 Å². The van der Waals surface area contributed by atoms with E-state index in [1.54, 1.807) is 18.9 Å². The number of carbonyl (C=O) groups is 2. The second kappa shape index (κ2) is 6.19. The maximum absolute atomic E-state index is 12.5. The zero-order valence-electron chi connectivity index (χ0n) is 12.6. The average molecular weight is 300 g/mol. The van der Waals surface area contributed by atoms with Crippen molar-refractivity contribution in [3.8, 4) is 0 Å². The Balaban J connectivity index is 1.95. The molecule has 0 saturated carbocycles. The highest BCUT2D eigenvalue weighted by molar-refractivity contribution is 5.78. The number of likely N-dealkylation sites (tertiary alicyclic amines) is 1. The molecule has 0 aromatic carbocycles. The molecule has 7 heteroatoms. The number of hydrogen-bond donors (Lipinski definition) is 2. The van der Waals surface area contributed by atoms with Crippen LogP contribution in [-0.2, 0) is 9.53 Å². The third kappa shape index (κ3) is 3.47. The quantitative estimate of drug-likeness (QED) is 0.786. The van der Waals surface area contributed by atoms with Gasteiger partial charge in [0, 0.05) is 45.7 Å². The van der Waals surface area contributed by atoms with Crippen molar-refractivity contribution in [2.45, 2.75) is 37.8 Å². The minimum atomic E-state index is -0.905. The van der Waals surface area contributed by atoms with E-state index in [-0.39, 0.29) is 18.6 Å². The van der Waals surface area contributed by atoms with Gasteiger partial charge < -0.3 is 24.7 Å². The summed E-state index contributed by atoms with van der Waals surface area (Å²) in [5.41, 5.74) is -0.905. The summed E-state index contributed by atoms with van der Waals surface area (Å²) in [4.78, 5) is 26.6. The lowest BCUT2D eigenvalue weighted by Gasteiger charge is -2.37. The highest BCUT2D eigenvalue weighted by Gasteiger charge is 2.40. The lowest BCUT2D eigenvalue weighted by Crippen LogP contribution is -2.51. The van der Waals surface area contributed by atoms with E-state index < -0.39 is 17.5 Å². The van der Waals surface area contributed by atoms with E-state index >= 15 is 0 Å². The summed E-state index contributed by atoms with van der Waals surface area (Å²) in [6.07, 6.45) is 1.50. The molecule has 0 radical (unpaired) electrons. The average Bonchev–Trinajstić information content (AvgIpc) is 2.80. The van der Waals surface area contributed by atoms with Gasteiger partial charge in [0.15, 0.2) is 0 Å². The topological polar surface area (TPSA) is 90.3 Å². The number of nitrogens with zero attached hydrogens (tertiary/aromatic N) is 2. The minimum absolute atomic E-state index is 0.217. The molecule has 0 spiro atoms. The Kier molecular flexibility index (Phi) is 4.73. The van der Waals surface area contributed by atoms with E-state index in [0.29, 0.717) is 39.0 Å². The Morgan fingerprint density at radius 3 is 2.52 bits per heavy atom. The van der Waals surface area contributed by atoms with Crippen molar-refractivity contribution in [1.82, 2.24) is 9.80 Å². The van der Waals surface area contributed by atoms with E-state index in [1.807, 2.05) is 0 Å². The maximum Gasteiger partial charge on any atom is 0.320 e. The minimum Gasteiger partial charge on any atom is -0.481 e. The van der Waals surface area contributed by atoms with Crippen molar-refractivity contribution in [1.29, 1.82) is 0 Å². The fourth-order valence-corrected chi connectivity index (χ4v) is 3.18. The van der Waals surface area contributed by atoms with E-state index in [1.165, 1.54) is 4.90 Å². The molecule has 0 aliphatic carbocycles. The monoisotopic (exact) mass is 300 g/mol. The van der Waals surface area contributed by atoms with Crippen LogP contribution in [0.5, 0.6) is 0 Å². The summed E-state index contributed by atoms with van der Waals surface area (Å²) in [5.74, 6) is -1.36. The highest BCUT2D eigenvalue weighted by Crippen LogP contribution is 2.27. The van der Waals surface area contributed by atoms with Crippen LogP contribution in [-0.4, -0.2) is 77.0 Å². The Bertz CT molecular complexity index is 408. The summed E-state index contributed by atoms with van der Waals surface area (Å²) in [5, 5.41) is 19.6. The van der Waals surface area contributed by atoms with Gasteiger partial charge in [0.25, 0.3) is 0 Å². The number of aliphatic carboxylic acids is 1. The van der Waals surface area contributed by atoms with Crippen LogP contribution in [0.2, 0.25) is 0 Å². The molecule has 0 bridgehead atoms. The van der Waals surface area contributed by atoms with Crippen molar-refractivity contribution in [2.24, 2.45) is 5.92 Å². The van der Waals surface area contributed by atoms with Crippen LogP contribution in [0.25, 0.3) is 0 Å². The van der Waals surface area contributed by atoms with Gasteiger partial charge in [-0.1, -0.05) is 0 Å². The molecule has 2 aliphatic heterocycles. The Morgan fingerprint density at radius 2 is 2.00 bits per heavy atom. The van der Waals surface area contributed by atoms with Crippen LogP contribution in [0.15, 0.2) is 0 Å². The SMILES string of the molecule is CC1C(C(=O)O)CCN1C(=O)N(C)CC1(O)CCOCC1. The van der Waals surface area contributed by atoms with Crippen LogP contribution in [0.4, 0.5) is 4.79 Å². The van der Waals surface area contributed by atoms with Crippen LogP contribution >= 0.6 is 0 Å². The number of urea groups is 1. The number of rotatable bonds is 3. The van der Waals surface area contributed by atoms with Gasteiger partial charge in [0.1, 0.15) is 0 Å². The van der Waals surface area contributed by atoms with Gasteiger partial charge in [-0.15, -0.1) is 0 Å². The molecule has 2 fully saturated rings. The maximum atomic E-state index is 12.5. The zero-order chi connectivity index (χ0) is 15.6. The largest absolute Gasteiger partial charge is 0.481 e. The van der Waals surface area contributed by atoms with E-state index in [4.69, 9.17) is 9.84 Å². The molecule has 2 atom stereocenters. The molecule has 0 aromatic rings. The second-order valence-corrected chi connectivity index (χ2v) is 6.14. The number of carboxylic acid groups (broad SMARTS) is 1. The van der Waals surface area contributed by atoms with Gasteiger partial charge in [0.05, 0.1) is 18.1 Å². The standard InChI is InChI=1S/C14H24N2O5/c1-10-11(12(17)18)3-6-16(10)13(19)15(2)9-14(20)4-7-21-8-5-14/h10-11,20H,3-9H2,1-2H3,(H,17,18). The summed E-state index contributed by atoms with van der Waals surface area (Å²) in [6, 6.07) is -0.534. The number of carboxylic acids is 1. The van der Waals surface area contributed by atoms with Gasteiger partial charge in [-0.05, 0) is 13.3 Å². The Hall–Kier alpha value is -1.34. The van der Waals surface area contributed by atoms with Gasteiger partial charge in [0.2, 0.25) is 0 Å². The molecule has 7 nitrogen and oxygen atoms in total. The number of ether oxygens (including phenoxy) is 1. The first-order valence-corrected chi connectivity index (χ1v) is 7.39. The van der Waals surface area contributed by atoms with Crippen molar-refractivity contribution in [3.05, 3.63) is 0 Å². The highest BCUT2D eigenvalue weighted by atomic mass is 16.5. The van der Waals surface area contributed by atoms with Crippen molar-refractivity contribution >= 4 is 12.0 Å². The van der Waals surface area contributed by atoms with E-state index in [2.05, 4.69) is 0 Å². The van der Waals surface area contributed by atoms with Crippen LogP contribution in [0, 0.1) is 5.92 Å². The normalized spacial score (nSPS) is 28.4. The number of carbonyl (C=O) groups excluding carboxylic acids is 1. The predicted octanol–water partition coefficient (Wildman–Crippen LogP) is 0.375. The molecule has 2 aliphatic rings. The lowest BCUT2D eigenvalue weighted by molar-refractivity contribution is -0.142. The molecule has 21 heavy (non-hydrogen) atoms. The molecular weight excluding hydrogens is 276 g/mol. The summed E-state index contributed by atoms with van der Waals surface area (Å²) >= 11 is 0. The van der Waals surface area contributed by atoms with E-state index in [9.17, 15) is 14.7 Å². The van der Waals surface area contributed by atoms with Crippen LogP contribution in [0.1, 0.15) is 26.2 Å². The number of likely N-dealkylation sites (N-methyl/N-ethyl adjacent to an activating group) is 1. The molecular formula is C14H24N2O5. The predicted molar refractivity (Wildman–Crippen MR) is 74.9 cm³/mol. The number of amides is 2. The molecule has 2 amide bonds. The smallest absolute Gasteiger partial charge is 0.320 e. The third-order valence-corrected chi connectivity index (χ3v) is 4.60. The lowest BCUT2D eigenvalue weighted by atomic mass is 9.94. The first kappa shape index (κ1) is 16.0. The van der Waals surface area contributed by atoms with Crippen molar-refractivity contribution in [3.63, 3.8) is 0 Å². The molecule has 2 saturated heterocycles. The molecule has 0 aromatic heterocycles. The fraction of sp³-hybridized carbons (Fsp3) is 0.857. The molecule has 2 rings (SSSR count). The summed E-state index contributed by atoms with van der Waals surface area (Å²) in [7, 11) is 1.65. The fourth-order valence-electron chi connectivity index (χ4n) is 3.18. The van der Waals surface area contributed by atoms with E-state index in [0.717, 1.165) is 0 Å². The molecule has 120 valence electrons. The molecule has 2 N–H and O–H groups in total. The van der Waals surface area contributed by atoms with Gasteiger partial charge in [-0.2, -0.15) is 0 Å². The Morgan fingerprint density at radius 1 is 1.38 bits per heavy atom. The summed E-state index contributed by atoms with van der Waals surface area (Å²) < 4.78 is 5.23. The van der Waals surface area contributed by atoms with Crippen molar-refractivity contribution < 1.29 is 24.5 Å². The van der Waals surface area contributed by atoms with Gasteiger partial charge in [-0.3, -0.25) is 4.79 Å². The van der Waals surface area contributed by atoms with Crippen molar-refractivity contribution in [2.75, 3.05) is 33.4 Å². The zero-order valence-corrected chi connectivity index (χ0v) is 12.6. The molecule has 2 unspecified atom stereocenters. The summed E-state index contributed by atoms with van der Waals surface area (Å²) in [6.45, 7) is 3.46. The first-order valence-electron chi connectivity index (χ1n) is 7.39. The second-order valence-electron chi connectivity index (χ2n) is 6.14. The Labute approximate surface area is 124 Å².